The summed E-state index contributed by atoms with van der Waals surface area (Å²) in [5.74, 6) is 0.180. The van der Waals surface area contributed by atoms with E-state index in [9.17, 15) is 8.42 Å². The molecule has 0 aliphatic heterocycles. The van der Waals surface area contributed by atoms with Crippen LogP contribution in [0.15, 0.2) is 12.2 Å². The first-order chi connectivity index (χ1) is 7.68. The molecule has 0 bridgehead atoms. The van der Waals surface area contributed by atoms with Crippen LogP contribution in [-0.2, 0) is 18.7 Å². The lowest BCUT2D eigenvalue weighted by molar-refractivity contribution is 0.302. The maximum absolute atomic E-state index is 11.5. The van der Waals surface area contributed by atoms with Gasteiger partial charge in [-0.25, -0.2) is 0 Å². The highest BCUT2D eigenvalue weighted by Gasteiger charge is 2.26. The van der Waals surface area contributed by atoms with E-state index in [0.29, 0.717) is 5.92 Å². The minimum absolute atomic E-state index is 0.0777. The van der Waals surface area contributed by atoms with E-state index in [1.54, 1.807) is 12.2 Å². The van der Waals surface area contributed by atoms with Gasteiger partial charge in [-0.1, -0.05) is 26.0 Å². The maximum Gasteiger partial charge on any atom is 0.290 e. The van der Waals surface area contributed by atoms with Crippen LogP contribution in [0.3, 0.4) is 0 Å². The molecule has 0 saturated carbocycles. The van der Waals surface area contributed by atoms with E-state index in [1.807, 2.05) is 20.0 Å². The van der Waals surface area contributed by atoms with Crippen molar-refractivity contribution in [1.82, 2.24) is 0 Å². The summed E-state index contributed by atoms with van der Waals surface area (Å²) < 4.78 is 33.2. The van der Waals surface area contributed by atoms with Gasteiger partial charge in [0.2, 0.25) is 0 Å². The highest BCUT2D eigenvalue weighted by molar-refractivity contribution is 7.86. The zero-order valence-electron chi connectivity index (χ0n) is 11.4. The standard InChI is InChI=1S/C11H24O4SSi/c1-6-7-8-14-16(12,13)10-15-17(4,5)9-11(2)3/h6-7,11H,8-10H2,1-5H3. The van der Waals surface area contributed by atoms with Gasteiger partial charge in [0.05, 0.1) is 6.61 Å². The molecule has 0 rings (SSSR count). The Morgan fingerprint density at radius 1 is 1.29 bits per heavy atom. The van der Waals surface area contributed by atoms with Gasteiger partial charge in [0, 0.05) is 0 Å². The first-order valence-corrected chi connectivity index (χ1v) is 10.5. The van der Waals surface area contributed by atoms with Crippen LogP contribution in [0.1, 0.15) is 20.8 Å². The zero-order chi connectivity index (χ0) is 13.5. The third-order valence-electron chi connectivity index (χ3n) is 2.07. The molecule has 0 fully saturated rings. The smallest absolute Gasteiger partial charge is 0.290 e. The summed E-state index contributed by atoms with van der Waals surface area (Å²) in [6.07, 6.45) is 3.39. The van der Waals surface area contributed by atoms with Crippen LogP contribution in [-0.4, -0.2) is 29.3 Å². The van der Waals surface area contributed by atoms with Gasteiger partial charge in [-0.2, -0.15) is 8.42 Å². The van der Waals surface area contributed by atoms with Crippen LogP contribution in [0, 0.1) is 5.92 Å². The lowest BCUT2D eigenvalue weighted by Crippen LogP contribution is -2.34. The Labute approximate surface area is 106 Å². The van der Waals surface area contributed by atoms with E-state index in [2.05, 4.69) is 13.8 Å². The zero-order valence-corrected chi connectivity index (χ0v) is 13.2. The molecule has 0 aromatic heterocycles. The number of hydrogen-bond donors (Lipinski definition) is 0. The fourth-order valence-electron chi connectivity index (χ4n) is 1.55. The largest absolute Gasteiger partial charge is 0.402 e. The van der Waals surface area contributed by atoms with Crippen molar-refractivity contribution >= 4 is 18.4 Å². The van der Waals surface area contributed by atoms with Crippen molar-refractivity contribution in [3.05, 3.63) is 12.2 Å². The Morgan fingerprint density at radius 3 is 2.35 bits per heavy atom. The molecule has 102 valence electrons. The van der Waals surface area contributed by atoms with Gasteiger partial charge in [0.15, 0.2) is 14.3 Å². The Morgan fingerprint density at radius 2 is 1.88 bits per heavy atom. The topological polar surface area (TPSA) is 52.6 Å². The van der Waals surface area contributed by atoms with E-state index in [4.69, 9.17) is 8.61 Å². The molecule has 0 unspecified atom stereocenters. The molecule has 0 saturated heterocycles. The molecule has 17 heavy (non-hydrogen) atoms. The first-order valence-electron chi connectivity index (χ1n) is 5.81. The SMILES string of the molecule is CC=CCOS(=O)(=O)CO[Si](C)(C)CC(C)C. The van der Waals surface area contributed by atoms with Gasteiger partial charge in [-0.05, 0) is 32.0 Å². The summed E-state index contributed by atoms with van der Waals surface area (Å²) in [6.45, 7) is 10.1. The second-order valence-electron chi connectivity index (χ2n) is 5.03. The van der Waals surface area contributed by atoms with E-state index in [0.717, 1.165) is 6.04 Å². The maximum atomic E-state index is 11.5. The van der Waals surface area contributed by atoms with Gasteiger partial charge in [0.1, 0.15) is 0 Å². The van der Waals surface area contributed by atoms with Gasteiger partial charge < -0.3 is 4.43 Å². The molecule has 6 heteroatoms. The first kappa shape index (κ1) is 16.8. The minimum atomic E-state index is -3.56. The number of rotatable bonds is 8. The van der Waals surface area contributed by atoms with Crippen LogP contribution in [0.4, 0.5) is 0 Å². The van der Waals surface area contributed by atoms with E-state index >= 15 is 0 Å². The van der Waals surface area contributed by atoms with Crippen molar-refractivity contribution < 1.29 is 17.0 Å². The van der Waals surface area contributed by atoms with Crippen LogP contribution >= 0.6 is 0 Å². The van der Waals surface area contributed by atoms with Gasteiger partial charge in [0.25, 0.3) is 10.1 Å². The highest BCUT2D eigenvalue weighted by Crippen LogP contribution is 2.18. The average Bonchev–Trinajstić information content (AvgIpc) is 2.14. The molecule has 4 nitrogen and oxygen atoms in total. The molecule has 0 heterocycles. The Bertz CT molecular complexity index is 333. The lowest BCUT2D eigenvalue weighted by Gasteiger charge is -2.24. The Kier molecular flexibility index (Phi) is 7.23. The van der Waals surface area contributed by atoms with Gasteiger partial charge in [-0.15, -0.1) is 0 Å². The molecule has 0 N–H and O–H groups in total. The van der Waals surface area contributed by atoms with Crippen molar-refractivity contribution in [2.75, 3.05) is 12.5 Å². The second-order valence-corrected chi connectivity index (χ2v) is 10.8. The van der Waals surface area contributed by atoms with Gasteiger partial charge >= 0.3 is 0 Å². The molecule has 0 aromatic carbocycles. The lowest BCUT2D eigenvalue weighted by atomic mass is 10.3. The molecule has 0 atom stereocenters. The van der Waals surface area contributed by atoms with Crippen molar-refractivity contribution in [3.8, 4) is 0 Å². The quantitative estimate of drug-likeness (QED) is 0.390. The Balaban J connectivity index is 4.16. The summed E-state index contributed by atoms with van der Waals surface area (Å²) >= 11 is 0. The average molecular weight is 280 g/mol. The summed E-state index contributed by atoms with van der Waals surface area (Å²) in [5.41, 5.74) is 0. The van der Waals surface area contributed by atoms with Gasteiger partial charge in [-0.3, -0.25) is 4.18 Å². The molecular formula is C11H24O4SSi. The number of allylic oxidation sites excluding steroid dienone is 1. The van der Waals surface area contributed by atoms with Crippen LogP contribution in [0.25, 0.3) is 0 Å². The Hall–Kier alpha value is -0.173. The third kappa shape index (κ3) is 9.52. The van der Waals surface area contributed by atoms with Crippen LogP contribution in [0.5, 0.6) is 0 Å². The van der Waals surface area contributed by atoms with Crippen LogP contribution < -0.4 is 0 Å². The van der Waals surface area contributed by atoms with Crippen LogP contribution in [0.2, 0.25) is 19.1 Å². The summed E-state index contributed by atoms with van der Waals surface area (Å²) in [7, 11) is -5.46. The molecule has 0 aliphatic carbocycles. The molecule has 0 spiro atoms. The number of hydrogen-bond acceptors (Lipinski definition) is 4. The summed E-state index contributed by atoms with van der Waals surface area (Å²) in [5, 5.41) is 0. The molecule has 0 radical (unpaired) electrons. The normalized spacial score (nSPS) is 13.8. The van der Waals surface area contributed by atoms with E-state index in [1.165, 1.54) is 0 Å². The fraction of sp³-hybridized carbons (Fsp3) is 0.818. The predicted octanol–water partition coefficient (Wildman–Crippen LogP) is 2.74. The van der Waals surface area contributed by atoms with Crippen molar-refractivity contribution in [2.45, 2.75) is 39.9 Å². The summed E-state index contributed by atoms with van der Waals surface area (Å²) in [4.78, 5) is 0. The van der Waals surface area contributed by atoms with E-state index in [-0.39, 0.29) is 12.5 Å². The molecule has 0 amide bonds. The van der Waals surface area contributed by atoms with Crippen molar-refractivity contribution in [3.63, 3.8) is 0 Å². The highest BCUT2D eigenvalue weighted by atomic mass is 32.2. The molecular weight excluding hydrogens is 256 g/mol. The second kappa shape index (κ2) is 7.30. The van der Waals surface area contributed by atoms with Crippen molar-refractivity contribution in [1.29, 1.82) is 0 Å². The summed E-state index contributed by atoms with van der Waals surface area (Å²) in [6, 6.07) is 0.942. The monoisotopic (exact) mass is 280 g/mol. The molecule has 0 aliphatic rings. The minimum Gasteiger partial charge on any atom is -0.402 e. The predicted molar refractivity (Wildman–Crippen MR) is 72.8 cm³/mol. The van der Waals surface area contributed by atoms with Crippen molar-refractivity contribution in [2.24, 2.45) is 5.92 Å². The van der Waals surface area contributed by atoms with E-state index < -0.39 is 18.4 Å². The fourth-order valence-corrected chi connectivity index (χ4v) is 5.84. The third-order valence-corrected chi connectivity index (χ3v) is 5.91. The molecule has 0 aromatic rings.